The number of likely N-dealkylation sites (tertiary alicyclic amines) is 1. The number of rotatable bonds is 3. The van der Waals surface area contributed by atoms with Gasteiger partial charge in [-0.05, 0) is 51.1 Å². The van der Waals surface area contributed by atoms with Gasteiger partial charge in [0.15, 0.2) is 0 Å². The number of nitrogens with zero attached hydrogens (tertiary/aromatic N) is 1. The van der Waals surface area contributed by atoms with Crippen molar-refractivity contribution in [2.45, 2.75) is 45.7 Å². The van der Waals surface area contributed by atoms with Crippen LogP contribution in [0.5, 0.6) is 0 Å². The molecule has 2 fully saturated rings. The van der Waals surface area contributed by atoms with Gasteiger partial charge in [0.2, 0.25) is 0 Å². The summed E-state index contributed by atoms with van der Waals surface area (Å²) in [5, 5.41) is 3.79. The molecule has 2 aliphatic rings. The first-order chi connectivity index (χ1) is 7.08. The molecule has 2 heteroatoms. The summed E-state index contributed by atoms with van der Waals surface area (Å²) in [6.45, 7) is 9.61. The summed E-state index contributed by atoms with van der Waals surface area (Å²) in [6.07, 6.45) is 2.77. The molecular formula is C13H26N2. The van der Waals surface area contributed by atoms with E-state index in [-0.39, 0.29) is 0 Å². The van der Waals surface area contributed by atoms with E-state index in [9.17, 15) is 0 Å². The van der Waals surface area contributed by atoms with Crippen LogP contribution < -0.4 is 5.32 Å². The molecule has 2 rings (SSSR count). The average Bonchev–Trinajstić information content (AvgIpc) is 2.86. The van der Waals surface area contributed by atoms with Crippen molar-refractivity contribution in [1.29, 1.82) is 0 Å². The Bertz CT molecular complexity index is 217. The minimum absolute atomic E-state index is 0.746. The fraction of sp³-hybridized carbons (Fsp3) is 1.00. The van der Waals surface area contributed by atoms with Crippen LogP contribution in [0.2, 0.25) is 0 Å². The zero-order chi connectivity index (χ0) is 11.0. The maximum absolute atomic E-state index is 3.79. The van der Waals surface area contributed by atoms with Crippen LogP contribution in [0, 0.1) is 17.8 Å². The SMILES string of the molecule is CC1CC1CNC1CC(C)N(C)CC1C. The van der Waals surface area contributed by atoms with Gasteiger partial charge in [0, 0.05) is 18.6 Å². The third kappa shape index (κ3) is 2.73. The van der Waals surface area contributed by atoms with E-state index in [0.717, 1.165) is 29.8 Å². The summed E-state index contributed by atoms with van der Waals surface area (Å²) in [4.78, 5) is 2.49. The smallest absolute Gasteiger partial charge is 0.0120 e. The highest BCUT2D eigenvalue weighted by molar-refractivity contribution is 4.90. The lowest BCUT2D eigenvalue weighted by Gasteiger charge is -2.40. The van der Waals surface area contributed by atoms with Crippen LogP contribution >= 0.6 is 0 Å². The molecule has 0 spiro atoms. The molecular weight excluding hydrogens is 184 g/mol. The van der Waals surface area contributed by atoms with Crippen LogP contribution in [0.4, 0.5) is 0 Å². The Morgan fingerprint density at radius 3 is 2.40 bits per heavy atom. The Hall–Kier alpha value is -0.0800. The summed E-state index contributed by atoms with van der Waals surface area (Å²) in [6, 6.07) is 1.50. The Morgan fingerprint density at radius 2 is 1.80 bits per heavy atom. The van der Waals surface area contributed by atoms with Gasteiger partial charge < -0.3 is 10.2 Å². The zero-order valence-corrected chi connectivity index (χ0v) is 10.7. The molecule has 5 atom stereocenters. The minimum Gasteiger partial charge on any atom is -0.313 e. The van der Waals surface area contributed by atoms with Crippen molar-refractivity contribution in [2.75, 3.05) is 20.1 Å². The van der Waals surface area contributed by atoms with Gasteiger partial charge in [0.1, 0.15) is 0 Å². The van der Waals surface area contributed by atoms with Gasteiger partial charge in [0.25, 0.3) is 0 Å². The highest BCUT2D eigenvalue weighted by Crippen LogP contribution is 2.37. The first-order valence-corrected chi connectivity index (χ1v) is 6.51. The molecule has 0 radical (unpaired) electrons. The summed E-state index contributed by atoms with van der Waals surface area (Å²) in [7, 11) is 2.25. The van der Waals surface area contributed by atoms with E-state index in [2.05, 4.69) is 38.0 Å². The van der Waals surface area contributed by atoms with Crippen molar-refractivity contribution in [2.24, 2.45) is 17.8 Å². The van der Waals surface area contributed by atoms with E-state index < -0.39 is 0 Å². The fourth-order valence-corrected chi connectivity index (χ4v) is 2.81. The first kappa shape index (κ1) is 11.4. The van der Waals surface area contributed by atoms with Crippen molar-refractivity contribution in [3.63, 3.8) is 0 Å². The molecule has 0 amide bonds. The fourth-order valence-electron chi connectivity index (χ4n) is 2.81. The summed E-state index contributed by atoms with van der Waals surface area (Å²) in [5.41, 5.74) is 0. The topological polar surface area (TPSA) is 15.3 Å². The molecule has 1 aliphatic heterocycles. The van der Waals surface area contributed by atoms with Crippen LogP contribution in [0.1, 0.15) is 33.6 Å². The van der Waals surface area contributed by atoms with Gasteiger partial charge in [-0.1, -0.05) is 13.8 Å². The highest BCUT2D eigenvalue weighted by Gasteiger charge is 2.34. The van der Waals surface area contributed by atoms with Gasteiger partial charge in [-0.2, -0.15) is 0 Å². The maximum atomic E-state index is 3.79. The second-order valence-corrected chi connectivity index (χ2v) is 5.99. The van der Waals surface area contributed by atoms with Crippen LogP contribution in [0.3, 0.4) is 0 Å². The molecule has 0 aromatic carbocycles. The minimum atomic E-state index is 0.746. The molecule has 1 N–H and O–H groups in total. The van der Waals surface area contributed by atoms with Crippen LogP contribution in [-0.2, 0) is 0 Å². The number of hydrogen-bond acceptors (Lipinski definition) is 2. The molecule has 5 unspecified atom stereocenters. The van der Waals surface area contributed by atoms with Crippen molar-refractivity contribution >= 4 is 0 Å². The normalized spacial score (nSPS) is 46.8. The lowest BCUT2D eigenvalue weighted by molar-refractivity contribution is 0.121. The average molecular weight is 210 g/mol. The Kier molecular flexibility index (Phi) is 3.36. The van der Waals surface area contributed by atoms with E-state index in [1.807, 2.05) is 0 Å². The van der Waals surface area contributed by atoms with Crippen molar-refractivity contribution < 1.29 is 0 Å². The number of hydrogen-bond donors (Lipinski definition) is 1. The molecule has 2 nitrogen and oxygen atoms in total. The van der Waals surface area contributed by atoms with Gasteiger partial charge >= 0.3 is 0 Å². The molecule has 0 aromatic rings. The highest BCUT2D eigenvalue weighted by atomic mass is 15.2. The molecule has 1 saturated carbocycles. The summed E-state index contributed by atoms with van der Waals surface area (Å²) >= 11 is 0. The van der Waals surface area contributed by atoms with Crippen LogP contribution in [-0.4, -0.2) is 37.1 Å². The zero-order valence-electron chi connectivity index (χ0n) is 10.7. The Morgan fingerprint density at radius 1 is 1.13 bits per heavy atom. The molecule has 15 heavy (non-hydrogen) atoms. The second kappa shape index (κ2) is 4.42. The molecule has 1 saturated heterocycles. The summed E-state index contributed by atoms with van der Waals surface area (Å²) in [5.74, 6) is 2.77. The standard InChI is InChI=1S/C13H26N2/c1-9-5-12(9)7-14-13-6-11(3)15(4)8-10(13)2/h9-14H,5-8H2,1-4H3. The lowest BCUT2D eigenvalue weighted by Crippen LogP contribution is -2.51. The maximum Gasteiger partial charge on any atom is 0.0120 e. The quantitative estimate of drug-likeness (QED) is 0.766. The van der Waals surface area contributed by atoms with Crippen molar-refractivity contribution in [3.05, 3.63) is 0 Å². The van der Waals surface area contributed by atoms with Gasteiger partial charge in [0.05, 0.1) is 0 Å². The number of piperidine rings is 1. The van der Waals surface area contributed by atoms with E-state index in [1.165, 1.54) is 25.9 Å². The third-order valence-corrected chi connectivity index (χ3v) is 4.53. The predicted molar refractivity (Wildman–Crippen MR) is 64.9 cm³/mol. The predicted octanol–water partition coefficient (Wildman–Crippen LogP) is 1.96. The molecule has 0 aromatic heterocycles. The van der Waals surface area contributed by atoms with Crippen molar-refractivity contribution in [3.8, 4) is 0 Å². The monoisotopic (exact) mass is 210 g/mol. The largest absolute Gasteiger partial charge is 0.313 e. The van der Waals surface area contributed by atoms with E-state index in [1.54, 1.807) is 0 Å². The van der Waals surface area contributed by atoms with E-state index >= 15 is 0 Å². The summed E-state index contributed by atoms with van der Waals surface area (Å²) < 4.78 is 0. The van der Waals surface area contributed by atoms with Crippen molar-refractivity contribution in [1.82, 2.24) is 10.2 Å². The van der Waals surface area contributed by atoms with Gasteiger partial charge in [-0.15, -0.1) is 0 Å². The number of nitrogens with one attached hydrogen (secondary N) is 1. The molecule has 1 aliphatic carbocycles. The van der Waals surface area contributed by atoms with Gasteiger partial charge in [-0.25, -0.2) is 0 Å². The van der Waals surface area contributed by atoms with Crippen LogP contribution in [0.25, 0.3) is 0 Å². The Balaban J connectivity index is 1.75. The molecule has 1 heterocycles. The van der Waals surface area contributed by atoms with Gasteiger partial charge in [-0.3, -0.25) is 0 Å². The van der Waals surface area contributed by atoms with Crippen LogP contribution in [0.15, 0.2) is 0 Å². The third-order valence-electron chi connectivity index (χ3n) is 4.53. The van der Waals surface area contributed by atoms with E-state index in [4.69, 9.17) is 0 Å². The Labute approximate surface area is 94.4 Å². The molecule has 88 valence electrons. The first-order valence-electron chi connectivity index (χ1n) is 6.51. The molecule has 0 bridgehead atoms. The lowest BCUT2D eigenvalue weighted by atomic mass is 9.90. The van der Waals surface area contributed by atoms with E-state index in [0.29, 0.717) is 0 Å². The second-order valence-electron chi connectivity index (χ2n) is 5.99.